The fraction of sp³-hybridized carbons (Fsp3) is 0.188. The van der Waals surface area contributed by atoms with E-state index in [-0.39, 0.29) is 6.42 Å². The van der Waals surface area contributed by atoms with E-state index in [2.05, 4.69) is 4.99 Å². The molecule has 1 unspecified atom stereocenters. The highest BCUT2D eigenvalue weighted by Crippen LogP contribution is 2.26. The predicted molar refractivity (Wildman–Crippen MR) is 74.0 cm³/mol. The molecular formula is C16H14F3N. The van der Waals surface area contributed by atoms with Gasteiger partial charge in [0.25, 0.3) is 0 Å². The van der Waals surface area contributed by atoms with E-state index >= 15 is 0 Å². The van der Waals surface area contributed by atoms with Gasteiger partial charge in [-0.1, -0.05) is 60.7 Å². The summed E-state index contributed by atoms with van der Waals surface area (Å²) in [6.45, 7) is 0. The summed E-state index contributed by atoms with van der Waals surface area (Å²) in [4.78, 5) is 3.71. The van der Waals surface area contributed by atoms with Crippen LogP contribution in [0, 0.1) is 0 Å². The maximum absolute atomic E-state index is 13.0. The lowest BCUT2D eigenvalue weighted by Gasteiger charge is -2.16. The van der Waals surface area contributed by atoms with Crippen molar-refractivity contribution in [1.82, 2.24) is 0 Å². The van der Waals surface area contributed by atoms with Crippen LogP contribution < -0.4 is 0 Å². The van der Waals surface area contributed by atoms with Crippen LogP contribution in [0.25, 0.3) is 0 Å². The van der Waals surface area contributed by atoms with Crippen molar-refractivity contribution in [1.29, 1.82) is 0 Å². The Hall–Kier alpha value is -2.10. The Morgan fingerprint density at radius 3 is 2.00 bits per heavy atom. The molecule has 0 aliphatic rings. The van der Waals surface area contributed by atoms with Crippen molar-refractivity contribution in [3.05, 3.63) is 71.8 Å². The smallest absolute Gasteiger partial charge is 0.279 e. The van der Waals surface area contributed by atoms with Crippen LogP contribution in [0.15, 0.2) is 65.7 Å². The first kappa shape index (κ1) is 14.3. The second kappa shape index (κ2) is 6.37. The van der Waals surface area contributed by atoms with Crippen LogP contribution in [0.4, 0.5) is 13.2 Å². The minimum absolute atomic E-state index is 0.145. The van der Waals surface area contributed by atoms with Gasteiger partial charge in [-0.05, 0) is 11.1 Å². The molecule has 0 aromatic heterocycles. The van der Waals surface area contributed by atoms with Crippen molar-refractivity contribution in [3.8, 4) is 0 Å². The minimum Gasteiger partial charge on any atom is -0.279 e. The third-order valence-corrected chi connectivity index (χ3v) is 2.85. The lowest BCUT2D eigenvalue weighted by atomic mass is 10.1. The molecule has 0 radical (unpaired) electrons. The summed E-state index contributed by atoms with van der Waals surface area (Å²) in [5.41, 5.74) is 1.29. The molecule has 0 saturated carbocycles. The molecule has 104 valence electrons. The molecular weight excluding hydrogens is 263 g/mol. The zero-order chi connectivity index (χ0) is 14.4. The maximum atomic E-state index is 13.0. The first-order valence-corrected chi connectivity index (χ1v) is 6.24. The summed E-state index contributed by atoms with van der Waals surface area (Å²) in [5, 5.41) is 0. The van der Waals surface area contributed by atoms with E-state index < -0.39 is 12.2 Å². The quantitative estimate of drug-likeness (QED) is 0.740. The number of aliphatic imine (C=N–C) groups is 1. The second-order valence-electron chi connectivity index (χ2n) is 4.44. The van der Waals surface area contributed by atoms with Gasteiger partial charge in [-0.3, -0.25) is 4.99 Å². The predicted octanol–water partition coefficient (Wildman–Crippen LogP) is 4.28. The van der Waals surface area contributed by atoms with Gasteiger partial charge >= 0.3 is 6.18 Å². The summed E-state index contributed by atoms with van der Waals surface area (Å²) in [6, 6.07) is 15.6. The molecule has 0 N–H and O–H groups in total. The Morgan fingerprint density at radius 1 is 0.900 bits per heavy atom. The maximum Gasteiger partial charge on any atom is 0.411 e. The Bertz CT molecular complexity index is 547. The summed E-state index contributed by atoms with van der Waals surface area (Å²) in [5.74, 6) is 0. The summed E-state index contributed by atoms with van der Waals surface area (Å²) in [6.07, 6.45) is -3.21. The van der Waals surface area contributed by atoms with Crippen LogP contribution in [0.3, 0.4) is 0 Å². The number of rotatable bonds is 4. The third kappa shape index (κ3) is 4.23. The first-order valence-electron chi connectivity index (χ1n) is 6.24. The molecule has 4 heteroatoms. The van der Waals surface area contributed by atoms with Crippen molar-refractivity contribution in [2.75, 3.05) is 0 Å². The van der Waals surface area contributed by atoms with E-state index in [1.165, 1.54) is 6.21 Å². The van der Waals surface area contributed by atoms with Crippen LogP contribution in [-0.2, 0) is 6.42 Å². The second-order valence-corrected chi connectivity index (χ2v) is 4.44. The molecule has 2 rings (SSSR count). The molecule has 0 heterocycles. The SMILES string of the molecule is FC(F)(F)C(Cc1ccccc1)N=Cc1ccccc1. The Labute approximate surface area is 115 Å². The number of hydrogen-bond donors (Lipinski definition) is 0. The monoisotopic (exact) mass is 277 g/mol. The lowest BCUT2D eigenvalue weighted by Crippen LogP contribution is -2.29. The van der Waals surface area contributed by atoms with Gasteiger partial charge in [0.2, 0.25) is 0 Å². The average Bonchev–Trinajstić information content (AvgIpc) is 2.44. The van der Waals surface area contributed by atoms with E-state index in [1.54, 1.807) is 54.6 Å². The molecule has 0 aliphatic carbocycles. The Balaban J connectivity index is 2.15. The molecule has 2 aromatic carbocycles. The van der Waals surface area contributed by atoms with Gasteiger partial charge in [-0.15, -0.1) is 0 Å². The molecule has 20 heavy (non-hydrogen) atoms. The summed E-state index contributed by atoms with van der Waals surface area (Å²) < 4.78 is 39.0. The number of benzene rings is 2. The van der Waals surface area contributed by atoms with Gasteiger partial charge in [0.15, 0.2) is 0 Å². The van der Waals surface area contributed by atoms with Gasteiger partial charge in [0.05, 0.1) is 0 Å². The molecule has 0 bridgehead atoms. The van der Waals surface area contributed by atoms with Crippen LogP contribution in [0.5, 0.6) is 0 Å². The van der Waals surface area contributed by atoms with Crippen LogP contribution in [0.1, 0.15) is 11.1 Å². The highest BCUT2D eigenvalue weighted by atomic mass is 19.4. The molecule has 0 aliphatic heterocycles. The van der Waals surface area contributed by atoms with Crippen molar-refractivity contribution in [3.63, 3.8) is 0 Å². The van der Waals surface area contributed by atoms with Crippen molar-refractivity contribution < 1.29 is 13.2 Å². The number of nitrogens with zero attached hydrogens (tertiary/aromatic N) is 1. The molecule has 0 amide bonds. The van der Waals surface area contributed by atoms with Crippen LogP contribution in [-0.4, -0.2) is 18.4 Å². The fourth-order valence-corrected chi connectivity index (χ4v) is 1.81. The molecule has 1 atom stereocenters. The van der Waals surface area contributed by atoms with Crippen molar-refractivity contribution in [2.24, 2.45) is 4.99 Å². The normalized spacial score (nSPS) is 13.6. The largest absolute Gasteiger partial charge is 0.411 e. The standard InChI is InChI=1S/C16H14F3N/c17-16(18,19)15(11-13-7-3-1-4-8-13)20-12-14-9-5-2-6-10-14/h1-10,12,15H,11H2. The van der Waals surface area contributed by atoms with Crippen molar-refractivity contribution >= 4 is 6.21 Å². The number of halogens is 3. The van der Waals surface area contributed by atoms with Crippen molar-refractivity contribution in [2.45, 2.75) is 18.6 Å². The van der Waals surface area contributed by atoms with E-state index in [0.717, 1.165) is 0 Å². The third-order valence-electron chi connectivity index (χ3n) is 2.85. The van der Waals surface area contributed by atoms with E-state index in [9.17, 15) is 13.2 Å². The van der Waals surface area contributed by atoms with E-state index in [1.807, 2.05) is 6.07 Å². The Kier molecular flexibility index (Phi) is 4.56. The van der Waals surface area contributed by atoms with Gasteiger partial charge in [0.1, 0.15) is 6.04 Å². The van der Waals surface area contributed by atoms with Gasteiger partial charge < -0.3 is 0 Å². The number of alkyl halides is 3. The van der Waals surface area contributed by atoms with Crippen LogP contribution >= 0.6 is 0 Å². The molecule has 1 nitrogen and oxygen atoms in total. The van der Waals surface area contributed by atoms with Crippen LogP contribution in [0.2, 0.25) is 0 Å². The summed E-state index contributed by atoms with van der Waals surface area (Å²) in [7, 11) is 0. The lowest BCUT2D eigenvalue weighted by molar-refractivity contribution is -0.146. The first-order chi connectivity index (χ1) is 9.55. The fourth-order valence-electron chi connectivity index (χ4n) is 1.81. The zero-order valence-electron chi connectivity index (χ0n) is 10.7. The molecule has 2 aromatic rings. The van der Waals surface area contributed by atoms with E-state index in [0.29, 0.717) is 11.1 Å². The van der Waals surface area contributed by atoms with E-state index in [4.69, 9.17) is 0 Å². The van der Waals surface area contributed by atoms with Gasteiger partial charge in [-0.2, -0.15) is 13.2 Å². The average molecular weight is 277 g/mol. The zero-order valence-corrected chi connectivity index (χ0v) is 10.7. The van der Waals surface area contributed by atoms with Gasteiger partial charge in [0, 0.05) is 12.6 Å². The highest BCUT2D eigenvalue weighted by Gasteiger charge is 2.39. The topological polar surface area (TPSA) is 12.4 Å². The molecule has 0 spiro atoms. The molecule has 0 saturated heterocycles. The summed E-state index contributed by atoms with van der Waals surface area (Å²) >= 11 is 0. The van der Waals surface area contributed by atoms with Gasteiger partial charge in [-0.25, -0.2) is 0 Å². The minimum atomic E-state index is -4.35. The highest BCUT2D eigenvalue weighted by molar-refractivity contribution is 5.79. The molecule has 0 fully saturated rings. The Morgan fingerprint density at radius 2 is 1.45 bits per heavy atom. The number of hydrogen-bond acceptors (Lipinski definition) is 1.